The van der Waals surface area contributed by atoms with Crippen LogP contribution in [0, 0.1) is 11.8 Å². The van der Waals surface area contributed by atoms with Gasteiger partial charge in [-0.05, 0) is 49.2 Å². The van der Waals surface area contributed by atoms with E-state index in [9.17, 15) is 14.4 Å². The van der Waals surface area contributed by atoms with Crippen molar-refractivity contribution in [1.29, 1.82) is 0 Å². The first-order valence-electron chi connectivity index (χ1n) is 9.69. The van der Waals surface area contributed by atoms with Crippen LogP contribution in [0.1, 0.15) is 23.2 Å². The topological polar surface area (TPSA) is 84.9 Å². The molecule has 7 nitrogen and oxygen atoms in total. The third-order valence-corrected chi connectivity index (χ3v) is 5.55. The van der Waals surface area contributed by atoms with Gasteiger partial charge < -0.3 is 14.8 Å². The van der Waals surface area contributed by atoms with E-state index in [2.05, 4.69) is 5.32 Å². The van der Waals surface area contributed by atoms with Crippen molar-refractivity contribution in [2.45, 2.75) is 12.8 Å². The molecule has 2 aromatic carbocycles. The number of benzene rings is 2. The number of nitrogens with one attached hydrogen (secondary N) is 1. The van der Waals surface area contributed by atoms with Gasteiger partial charge in [0.1, 0.15) is 11.5 Å². The van der Waals surface area contributed by atoms with Gasteiger partial charge in [0, 0.05) is 11.6 Å². The van der Waals surface area contributed by atoms with Crippen LogP contribution in [0.25, 0.3) is 0 Å². The Hall–Kier alpha value is -3.61. The number of carbonyl (C=O) groups excluding carboxylic acids is 3. The summed E-state index contributed by atoms with van der Waals surface area (Å²) in [6, 6.07) is 11.5. The lowest BCUT2D eigenvalue weighted by atomic mass is 9.85. The van der Waals surface area contributed by atoms with Crippen molar-refractivity contribution < 1.29 is 23.9 Å². The zero-order valence-corrected chi connectivity index (χ0v) is 16.8. The maximum atomic E-state index is 12.7. The molecule has 7 heteroatoms. The minimum Gasteiger partial charge on any atom is -0.497 e. The van der Waals surface area contributed by atoms with Crippen LogP contribution >= 0.6 is 0 Å². The zero-order valence-electron chi connectivity index (χ0n) is 16.8. The summed E-state index contributed by atoms with van der Waals surface area (Å²) in [5.74, 6) is -0.152. The van der Waals surface area contributed by atoms with Crippen LogP contribution in [0.4, 0.5) is 11.4 Å². The molecule has 1 heterocycles. The van der Waals surface area contributed by atoms with Gasteiger partial charge in [-0.15, -0.1) is 0 Å². The van der Waals surface area contributed by atoms with Crippen molar-refractivity contribution in [3.63, 3.8) is 0 Å². The fraction of sp³-hybridized carbons (Fsp3) is 0.261. The molecule has 2 atom stereocenters. The van der Waals surface area contributed by atoms with Crippen LogP contribution in [-0.4, -0.2) is 31.9 Å². The number of hydrogen-bond acceptors (Lipinski definition) is 5. The summed E-state index contributed by atoms with van der Waals surface area (Å²) in [5, 5.41) is 2.80. The number of imide groups is 1. The molecule has 1 aliphatic heterocycles. The molecule has 30 heavy (non-hydrogen) atoms. The van der Waals surface area contributed by atoms with Crippen molar-refractivity contribution in [2.75, 3.05) is 24.4 Å². The first-order chi connectivity index (χ1) is 14.5. The number of amides is 3. The molecule has 0 radical (unpaired) electrons. The second-order valence-corrected chi connectivity index (χ2v) is 7.23. The second kappa shape index (κ2) is 8.02. The molecule has 0 spiro atoms. The highest BCUT2D eigenvalue weighted by molar-refractivity contribution is 6.22. The van der Waals surface area contributed by atoms with E-state index in [4.69, 9.17) is 9.47 Å². The van der Waals surface area contributed by atoms with Gasteiger partial charge in [-0.25, -0.2) is 0 Å². The number of carbonyl (C=O) groups is 3. The molecule has 0 saturated carbocycles. The van der Waals surface area contributed by atoms with Gasteiger partial charge in [0.2, 0.25) is 11.8 Å². The molecule has 3 amide bonds. The lowest BCUT2D eigenvalue weighted by Crippen LogP contribution is -2.30. The van der Waals surface area contributed by atoms with E-state index in [0.717, 1.165) is 0 Å². The Labute approximate surface area is 174 Å². The smallest absolute Gasteiger partial charge is 0.255 e. The maximum absolute atomic E-state index is 12.7. The lowest BCUT2D eigenvalue weighted by Gasteiger charge is -2.15. The quantitative estimate of drug-likeness (QED) is 0.608. The highest BCUT2D eigenvalue weighted by Gasteiger charge is 2.47. The van der Waals surface area contributed by atoms with Gasteiger partial charge in [0.25, 0.3) is 5.91 Å². The Morgan fingerprint density at radius 1 is 0.933 bits per heavy atom. The lowest BCUT2D eigenvalue weighted by molar-refractivity contribution is -0.122. The normalized spacial score (nSPS) is 20.1. The summed E-state index contributed by atoms with van der Waals surface area (Å²) in [7, 11) is 3.06. The molecule has 0 bridgehead atoms. The average Bonchev–Trinajstić information content (AvgIpc) is 3.04. The predicted molar refractivity (Wildman–Crippen MR) is 112 cm³/mol. The molecule has 154 valence electrons. The van der Waals surface area contributed by atoms with Gasteiger partial charge in [-0.1, -0.05) is 12.2 Å². The van der Waals surface area contributed by atoms with Crippen molar-refractivity contribution in [2.24, 2.45) is 11.8 Å². The first kappa shape index (κ1) is 19.7. The Morgan fingerprint density at radius 2 is 1.57 bits per heavy atom. The number of ether oxygens (including phenoxy) is 2. The molecule has 1 aliphatic carbocycles. The number of fused-ring (bicyclic) bond motifs is 1. The fourth-order valence-electron chi connectivity index (χ4n) is 3.91. The van der Waals surface area contributed by atoms with Crippen LogP contribution in [0.15, 0.2) is 54.6 Å². The minimum atomic E-state index is -0.332. The number of anilines is 2. The summed E-state index contributed by atoms with van der Waals surface area (Å²) in [6.07, 6.45) is 5.10. The third-order valence-electron chi connectivity index (χ3n) is 5.55. The highest BCUT2D eigenvalue weighted by Crippen LogP contribution is 2.37. The Bertz CT molecular complexity index is 1000. The minimum absolute atomic E-state index is 0.172. The average molecular weight is 406 g/mol. The van der Waals surface area contributed by atoms with E-state index in [1.165, 1.54) is 12.0 Å². The van der Waals surface area contributed by atoms with Gasteiger partial charge in [-0.2, -0.15) is 0 Å². The predicted octanol–water partition coefficient (Wildman–Crippen LogP) is 3.41. The van der Waals surface area contributed by atoms with Crippen LogP contribution in [-0.2, 0) is 9.59 Å². The van der Waals surface area contributed by atoms with Crippen LogP contribution < -0.4 is 19.7 Å². The van der Waals surface area contributed by atoms with Crippen LogP contribution in [0.3, 0.4) is 0 Å². The van der Waals surface area contributed by atoms with Crippen molar-refractivity contribution >= 4 is 29.1 Å². The monoisotopic (exact) mass is 406 g/mol. The van der Waals surface area contributed by atoms with Gasteiger partial charge >= 0.3 is 0 Å². The van der Waals surface area contributed by atoms with Crippen molar-refractivity contribution in [3.05, 3.63) is 60.2 Å². The third kappa shape index (κ3) is 3.43. The van der Waals surface area contributed by atoms with Gasteiger partial charge in [-0.3, -0.25) is 19.3 Å². The van der Waals surface area contributed by atoms with E-state index < -0.39 is 0 Å². The van der Waals surface area contributed by atoms with E-state index >= 15 is 0 Å². The number of allylic oxidation sites excluding steroid dienone is 2. The van der Waals surface area contributed by atoms with Gasteiger partial charge in [0.15, 0.2) is 0 Å². The Morgan fingerprint density at radius 3 is 2.13 bits per heavy atom. The summed E-state index contributed by atoms with van der Waals surface area (Å²) < 4.78 is 10.5. The summed E-state index contributed by atoms with van der Waals surface area (Å²) in [6.45, 7) is 0. The van der Waals surface area contributed by atoms with Crippen molar-refractivity contribution in [3.8, 4) is 11.5 Å². The maximum Gasteiger partial charge on any atom is 0.255 e. The SMILES string of the molecule is COc1ccc(NC(=O)c2ccc(N3C(=O)[C@H]4CC=CC[C@@H]4C3=O)cc2)c(OC)c1. The second-order valence-electron chi connectivity index (χ2n) is 7.23. The number of nitrogens with zero attached hydrogens (tertiary/aromatic N) is 1. The summed E-state index contributed by atoms with van der Waals surface area (Å²) in [5.41, 5.74) is 1.39. The summed E-state index contributed by atoms with van der Waals surface area (Å²) in [4.78, 5) is 39.3. The number of rotatable bonds is 5. The zero-order chi connectivity index (χ0) is 21.3. The molecule has 2 aliphatic rings. The van der Waals surface area contributed by atoms with Crippen LogP contribution in [0.5, 0.6) is 11.5 Å². The molecule has 1 N–H and O–H groups in total. The molecule has 1 fully saturated rings. The molecular weight excluding hydrogens is 384 g/mol. The van der Waals surface area contributed by atoms with E-state index in [1.54, 1.807) is 49.6 Å². The Balaban J connectivity index is 1.51. The van der Waals surface area contributed by atoms with E-state index in [1.807, 2.05) is 12.2 Å². The number of hydrogen-bond donors (Lipinski definition) is 1. The number of methoxy groups -OCH3 is 2. The van der Waals surface area contributed by atoms with E-state index in [-0.39, 0.29) is 29.6 Å². The largest absolute Gasteiger partial charge is 0.497 e. The fourth-order valence-corrected chi connectivity index (χ4v) is 3.91. The highest BCUT2D eigenvalue weighted by atomic mass is 16.5. The molecule has 4 rings (SSSR count). The standard InChI is InChI=1S/C23H22N2O5/c1-29-16-11-12-19(20(13-16)30-2)24-21(26)14-7-9-15(10-8-14)25-22(27)17-5-3-4-6-18(17)23(25)28/h3-4,7-13,17-18H,5-6H2,1-2H3,(H,24,26)/t17-,18-/m0/s1. The Kier molecular flexibility index (Phi) is 5.27. The molecule has 1 saturated heterocycles. The molecular formula is C23H22N2O5. The van der Waals surface area contributed by atoms with Crippen LogP contribution in [0.2, 0.25) is 0 Å². The molecule has 0 aromatic heterocycles. The molecule has 2 aromatic rings. The van der Waals surface area contributed by atoms with Crippen molar-refractivity contribution in [1.82, 2.24) is 0 Å². The van der Waals surface area contributed by atoms with Gasteiger partial charge in [0.05, 0.1) is 37.4 Å². The molecule has 0 unspecified atom stereocenters. The summed E-state index contributed by atoms with van der Waals surface area (Å²) >= 11 is 0. The first-order valence-corrected chi connectivity index (χ1v) is 9.69. The van der Waals surface area contributed by atoms with E-state index in [0.29, 0.717) is 41.3 Å².